The quantitative estimate of drug-likeness (QED) is 0.687. The van der Waals surface area contributed by atoms with Gasteiger partial charge in [0.2, 0.25) is 0 Å². The monoisotopic (exact) mass is 356 g/mol. The van der Waals surface area contributed by atoms with Crippen LogP contribution in [0.25, 0.3) is 0 Å². The van der Waals surface area contributed by atoms with Crippen LogP contribution in [0.5, 0.6) is 0 Å². The molecule has 108 valence electrons. The molecule has 0 N–H and O–H groups in total. The summed E-state index contributed by atoms with van der Waals surface area (Å²) >= 11 is 0. The minimum atomic E-state index is -1.32. The standard InChI is InChI=1S/2C8H5NO2.Zn/c2*9-5-6-3-1-2-4-7(6)8(10)11;/h2*1-4H,(H,10,11);/q;;+2/p-2. The van der Waals surface area contributed by atoms with E-state index in [0.29, 0.717) is 0 Å². The number of aromatic carboxylic acids is 2. The predicted octanol–water partition coefficient (Wildman–Crippen LogP) is -0.159. The first-order valence-electron chi connectivity index (χ1n) is 5.92. The number of benzene rings is 2. The number of carbonyl (C=O) groups is 2. The number of rotatable bonds is 2. The van der Waals surface area contributed by atoms with Gasteiger partial charge in [0.15, 0.2) is 0 Å². The molecule has 2 rings (SSSR count). The van der Waals surface area contributed by atoms with Crippen LogP contribution in [0, 0.1) is 22.7 Å². The summed E-state index contributed by atoms with van der Waals surface area (Å²) in [7, 11) is 0. The summed E-state index contributed by atoms with van der Waals surface area (Å²) in [4.78, 5) is 20.6. The van der Waals surface area contributed by atoms with Gasteiger partial charge >= 0.3 is 19.5 Å². The van der Waals surface area contributed by atoms with Crippen LogP contribution in [-0.4, -0.2) is 11.9 Å². The number of carboxylic acid groups (broad SMARTS) is 2. The summed E-state index contributed by atoms with van der Waals surface area (Å²) in [6.45, 7) is 0. The number of nitriles is 2. The Morgan fingerprint density at radius 1 is 0.739 bits per heavy atom. The van der Waals surface area contributed by atoms with Crippen LogP contribution in [-0.2, 0) is 19.5 Å². The summed E-state index contributed by atoms with van der Waals surface area (Å²) in [6, 6.07) is 15.4. The van der Waals surface area contributed by atoms with Crippen LogP contribution < -0.4 is 10.2 Å². The molecular weight excluding hydrogens is 350 g/mol. The molecule has 0 aliphatic heterocycles. The molecular formula is C16H8N2O4Zn. The van der Waals surface area contributed by atoms with Gasteiger partial charge in [-0.05, 0) is 12.1 Å². The van der Waals surface area contributed by atoms with E-state index in [1.807, 2.05) is 0 Å². The maximum atomic E-state index is 10.3. The van der Waals surface area contributed by atoms with Crippen molar-refractivity contribution in [3.63, 3.8) is 0 Å². The fraction of sp³-hybridized carbons (Fsp3) is 0. The summed E-state index contributed by atoms with van der Waals surface area (Å²) in [6.07, 6.45) is 0. The van der Waals surface area contributed by atoms with Crippen LogP contribution in [0.15, 0.2) is 48.5 Å². The number of hydrogen-bond acceptors (Lipinski definition) is 6. The minimum Gasteiger partial charge on any atom is -0.545 e. The van der Waals surface area contributed by atoms with Crippen molar-refractivity contribution in [2.24, 2.45) is 0 Å². The Bertz CT molecular complexity index is 724. The van der Waals surface area contributed by atoms with E-state index in [1.54, 1.807) is 36.4 Å². The third-order valence-corrected chi connectivity index (χ3v) is 2.53. The Labute approximate surface area is 145 Å². The zero-order chi connectivity index (χ0) is 16.5. The van der Waals surface area contributed by atoms with E-state index in [0.717, 1.165) is 0 Å². The molecule has 23 heavy (non-hydrogen) atoms. The Balaban J connectivity index is 0.000000403. The molecule has 2 aromatic rings. The first-order valence-corrected chi connectivity index (χ1v) is 5.92. The number of nitrogens with zero attached hydrogens (tertiary/aromatic N) is 2. The van der Waals surface area contributed by atoms with Crippen molar-refractivity contribution in [3.8, 4) is 12.1 Å². The molecule has 0 aliphatic rings. The van der Waals surface area contributed by atoms with Gasteiger partial charge in [-0.1, -0.05) is 36.4 Å². The second-order valence-electron chi connectivity index (χ2n) is 3.89. The van der Waals surface area contributed by atoms with Gasteiger partial charge in [0.05, 0.1) is 35.2 Å². The van der Waals surface area contributed by atoms with Crippen molar-refractivity contribution in [2.75, 3.05) is 0 Å². The van der Waals surface area contributed by atoms with E-state index < -0.39 is 11.9 Å². The zero-order valence-corrected chi connectivity index (χ0v) is 14.8. The van der Waals surface area contributed by atoms with Gasteiger partial charge in [0, 0.05) is 11.1 Å². The molecule has 0 fully saturated rings. The van der Waals surface area contributed by atoms with Gasteiger partial charge in [-0.2, -0.15) is 10.5 Å². The van der Waals surface area contributed by atoms with E-state index in [2.05, 4.69) is 0 Å². The summed E-state index contributed by atoms with van der Waals surface area (Å²) < 4.78 is 0. The predicted molar refractivity (Wildman–Crippen MR) is 71.0 cm³/mol. The SMILES string of the molecule is N#Cc1ccccc1C(=O)[O-].N#Cc1ccccc1C(=O)[O-].[Zn+2]. The molecule has 0 aliphatic carbocycles. The van der Waals surface area contributed by atoms with Crippen molar-refractivity contribution >= 4 is 11.9 Å². The average Bonchev–Trinajstić information content (AvgIpc) is 2.55. The first kappa shape index (κ1) is 20.0. The topological polar surface area (TPSA) is 128 Å². The van der Waals surface area contributed by atoms with E-state index in [4.69, 9.17) is 10.5 Å². The van der Waals surface area contributed by atoms with Crippen LogP contribution >= 0.6 is 0 Å². The molecule has 0 amide bonds. The van der Waals surface area contributed by atoms with Gasteiger partial charge in [-0.25, -0.2) is 0 Å². The Morgan fingerprint density at radius 2 is 1.04 bits per heavy atom. The second kappa shape index (κ2) is 9.84. The summed E-state index contributed by atoms with van der Waals surface area (Å²) in [5, 5.41) is 37.5. The molecule has 0 heterocycles. The van der Waals surface area contributed by atoms with Crippen LogP contribution in [0.3, 0.4) is 0 Å². The Hall–Kier alpha value is -3.02. The molecule has 0 atom stereocenters. The molecule has 0 spiro atoms. The summed E-state index contributed by atoms with van der Waals surface area (Å²) in [5.74, 6) is -2.63. The third-order valence-electron chi connectivity index (χ3n) is 2.53. The van der Waals surface area contributed by atoms with Crippen molar-refractivity contribution in [3.05, 3.63) is 70.8 Å². The minimum absolute atomic E-state index is 0. The Kier molecular flexibility index (Phi) is 8.55. The van der Waals surface area contributed by atoms with Gasteiger partial charge in [0.25, 0.3) is 0 Å². The largest absolute Gasteiger partial charge is 2.00 e. The van der Waals surface area contributed by atoms with Crippen molar-refractivity contribution in [1.82, 2.24) is 0 Å². The molecule has 0 aromatic heterocycles. The van der Waals surface area contributed by atoms with Crippen LogP contribution in [0.4, 0.5) is 0 Å². The van der Waals surface area contributed by atoms with Gasteiger partial charge < -0.3 is 19.8 Å². The van der Waals surface area contributed by atoms with Crippen LogP contribution in [0.1, 0.15) is 31.8 Å². The third kappa shape index (κ3) is 5.70. The second-order valence-corrected chi connectivity index (χ2v) is 3.89. The number of hydrogen-bond donors (Lipinski definition) is 0. The van der Waals surface area contributed by atoms with Crippen LogP contribution in [0.2, 0.25) is 0 Å². The molecule has 0 radical (unpaired) electrons. The van der Waals surface area contributed by atoms with E-state index >= 15 is 0 Å². The average molecular weight is 358 g/mol. The zero-order valence-electron chi connectivity index (χ0n) is 11.9. The number of carbonyl (C=O) groups excluding carboxylic acids is 2. The van der Waals surface area contributed by atoms with Gasteiger partial charge in [0.1, 0.15) is 0 Å². The molecule has 0 saturated carbocycles. The maximum absolute atomic E-state index is 10.3. The van der Waals surface area contributed by atoms with Crippen molar-refractivity contribution in [1.29, 1.82) is 10.5 Å². The fourth-order valence-electron chi connectivity index (χ4n) is 1.52. The summed E-state index contributed by atoms with van der Waals surface area (Å²) in [5.41, 5.74) is 0.144. The molecule has 2 aromatic carbocycles. The van der Waals surface area contributed by atoms with E-state index in [1.165, 1.54) is 24.3 Å². The molecule has 0 saturated heterocycles. The molecule has 6 nitrogen and oxygen atoms in total. The van der Waals surface area contributed by atoms with E-state index in [-0.39, 0.29) is 41.7 Å². The normalized spacial score (nSPS) is 8.26. The Morgan fingerprint density at radius 3 is 1.26 bits per heavy atom. The molecule has 0 unspecified atom stereocenters. The van der Waals surface area contributed by atoms with Crippen molar-refractivity contribution < 1.29 is 39.3 Å². The van der Waals surface area contributed by atoms with Gasteiger partial charge in [-0.15, -0.1) is 0 Å². The smallest absolute Gasteiger partial charge is 0.545 e. The van der Waals surface area contributed by atoms with Crippen molar-refractivity contribution in [2.45, 2.75) is 0 Å². The van der Waals surface area contributed by atoms with E-state index in [9.17, 15) is 19.8 Å². The number of carboxylic acids is 2. The van der Waals surface area contributed by atoms with Gasteiger partial charge in [-0.3, -0.25) is 0 Å². The first-order chi connectivity index (χ1) is 10.5. The maximum Gasteiger partial charge on any atom is 2.00 e. The fourth-order valence-corrected chi connectivity index (χ4v) is 1.52. The molecule has 7 heteroatoms. The molecule has 0 bridgehead atoms.